The van der Waals surface area contributed by atoms with Gasteiger partial charge in [-0.1, -0.05) is 36.4 Å². The maximum absolute atomic E-state index is 11.0. The van der Waals surface area contributed by atoms with Crippen molar-refractivity contribution in [3.05, 3.63) is 47.5 Å². The summed E-state index contributed by atoms with van der Waals surface area (Å²) in [6, 6.07) is 9.74. The zero-order valence-corrected chi connectivity index (χ0v) is 7.36. The number of ether oxygens (including phenoxy) is 1. The fraction of sp³-hybridized carbons (Fsp3) is 0.182. The minimum Gasteiger partial charge on any atom is -0.449 e. The zero-order valence-electron chi connectivity index (χ0n) is 7.36. The maximum atomic E-state index is 11.0. The van der Waals surface area contributed by atoms with E-state index in [9.17, 15) is 4.79 Å². The van der Waals surface area contributed by atoms with Gasteiger partial charge in [-0.05, 0) is 12.5 Å². The lowest BCUT2D eigenvalue weighted by atomic mass is 9.97. The second kappa shape index (κ2) is 3.05. The van der Waals surface area contributed by atoms with Crippen LogP contribution in [0.3, 0.4) is 0 Å². The van der Waals surface area contributed by atoms with E-state index in [4.69, 9.17) is 4.74 Å². The second-order valence-electron chi connectivity index (χ2n) is 2.94. The number of esters is 1. The van der Waals surface area contributed by atoms with Crippen molar-refractivity contribution in [1.29, 1.82) is 0 Å². The summed E-state index contributed by atoms with van der Waals surface area (Å²) in [5.41, 5.74) is 1.79. The molecule has 1 aliphatic heterocycles. The highest BCUT2D eigenvalue weighted by atomic mass is 16.6. The van der Waals surface area contributed by atoms with Crippen LogP contribution in [0.15, 0.2) is 42.0 Å². The van der Waals surface area contributed by atoms with E-state index < -0.39 is 0 Å². The molecular formula is C11H10O2. The van der Waals surface area contributed by atoms with Crippen molar-refractivity contribution < 1.29 is 9.53 Å². The lowest BCUT2D eigenvalue weighted by Gasteiger charge is -2.28. The molecule has 0 aliphatic carbocycles. The van der Waals surface area contributed by atoms with Gasteiger partial charge in [0.15, 0.2) is 6.10 Å². The minimum absolute atomic E-state index is 0.140. The first-order chi connectivity index (χ1) is 6.33. The van der Waals surface area contributed by atoms with Crippen molar-refractivity contribution in [3.63, 3.8) is 0 Å². The summed E-state index contributed by atoms with van der Waals surface area (Å²) in [4.78, 5) is 11.0. The lowest BCUT2D eigenvalue weighted by Crippen LogP contribution is -2.29. The first-order valence-electron chi connectivity index (χ1n) is 4.25. The van der Waals surface area contributed by atoms with Crippen LogP contribution < -0.4 is 0 Å². The Labute approximate surface area is 76.8 Å². The van der Waals surface area contributed by atoms with Gasteiger partial charge in [0.1, 0.15) is 0 Å². The normalized spacial score (nSPS) is 23.9. The van der Waals surface area contributed by atoms with E-state index in [-0.39, 0.29) is 12.1 Å². The summed E-state index contributed by atoms with van der Waals surface area (Å²) in [6.45, 7) is 1.85. The molecule has 1 unspecified atom stereocenters. The first kappa shape index (κ1) is 8.05. The molecule has 1 saturated heterocycles. The van der Waals surface area contributed by atoms with Gasteiger partial charge in [0.25, 0.3) is 0 Å². The summed E-state index contributed by atoms with van der Waals surface area (Å²) in [5.74, 6) is -0.198. The van der Waals surface area contributed by atoms with Gasteiger partial charge in [-0.15, -0.1) is 0 Å². The average Bonchev–Trinajstić information content (AvgIpc) is 2.16. The molecule has 1 heterocycles. The van der Waals surface area contributed by atoms with Crippen molar-refractivity contribution in [2.45, 2.75) is 13.0 Å². The molecule has 0 N–H and O–H groups in total. The van der Waals surface area contributed by atoms with E-state index in [0.717, 1.165) is 11.1 Å². The molecular weight excluding hydrogens is 164 g/mol. The minimum atomic E-state index is -0.198. The number of cyclic esters (lactones) is 1. The van der Waals surface area contributed by atoms with E-state index in [0.29, 0.717) is 0 Å². The Morgan fingerprint density at radius 2 is 2.00 bits per heavy atom. The van der Waals surface area contributed by atoms with Gasteiger partial charge in [-0.3, -0.25) is 0 Å². The number of hydrogen-bond acceptors (Lipinski definition) is 2. The fourth-order valence-corrected chi connectivity index (χ4v) is 1.43. The van der Waals surface area contributed by atoms with Crippen molar-refractivity contribution in [3.8, 4) is 0 Å². The van der Waals surface area contributed by atoms with Gasteiger partial charge in [-0.25, -0.2) is 4.79 Å². The van der Waals surface area contributed by atoms with Gasteiger partial charge in [0, 0.05) is 0 Å². The Morgan fingerprint density at radius 1 is 1.31 bits per heavy atom. The van der Waals surface area contributed by atoms with Crippen LogP contribution in [-0.2, 0) is 9.53 Å². The van der Waals surface area contributed by atoms with Crippen molar-refractivity contribution in [2.75, 3.05) is 0 Å². The smallest absolute Gasteiger partial charge is 0.338 e. The van der Waals surface area contributed by atoms with Crippen LogP contribution in [0.25, 0.3) is 0 Å². The summed E-state index contributed by atoms with van der Waals surface area (Å²) in [6.07, 6.45) is 1.67. The molecule has 0 spiro atoms. The lowest BCUT2D eigenvalue weighted by molar-refractivity contribution is -0.156. The standard InChI is InChI=1S/C11H10O2/c1-2-9-10(13-11(9)12)8-6-4-3-5-7-8/h2-7,10H,1H3. The molecule has 0 aromatic heterocycles. The molecule has 0 amide bonds. The van der Waals surface area contributed by atoms with Crippen LogP contribution in [0.1, 0.15) is 18.6 Å². The molecule has 1 atom stereocenters. The van der Waals surface area contributed by atoms with Crippen molar-refractivity contribution >= 4 is 5.97 Å². The predicted octanol–water partition coefficient (Wildman–Crippen LogP) is 2.23. The molecule has 1 fully saturated rings. The topological polar surface area (TPSA) is 26.3 Å². The molecule has 1 aliphatic rings. The fourth-order valence-electron chi connectivity index (χ4n) is 1.43. The Bertz CT molecular complexity index is 352. The quantitative estimate of drug-likeness (QED) is 0.482. The predicted molar refractivity (Wildman–Crippen MR) is 49.0 cm³/mol. The number of benzene rings is 1. The Hall–Kier alpha value is -1.57. The van der Waals surface area contributed by atoms with Gasteiger partial charge in [0.2, 0.25) is 0 Å². The molecule has 1 aromatic carbocycles. The molecule has 2 rings (SSSR count). The number of hydrogen-bond donors (Lipinski definition) is 0. The Kier molecular flexibility index (Phi) is 1.89. The van der Waals surface area contributed by atoms with Gasteiger partial charge in [-0.2, -0.15) is 0 Å². The maximum Gasteiger partial charge on any atom is 0.338 e. The third kappa shape index (κ3) is 1.24. The molecule has 1 aromatic rings. The summed E-state index contributed by atoms with van der Waals surface area (Å²) in [5, 5.41) is 0. The summed E-state index contributed by atoms with van der Waals surface area (Å²) < 4.78 is 5.02. The van der Waals surface area contributed by atoms with Crippen molar-refractivity contribution in [1.82, 2.24) is 0 Å². The van der Waals surface area contributed by atoms with Crippen LogP contribution in [0.2, 0.25) is 0 Å². The molecule has 2 heteroatoms. The largest absolute Gasteiger partial charge is 0.449 e. The Balaban J connectivity index is 2.26. The van der Waals surface area contributed by atoms with Crippen LogP contribution in [-0.4, -0.2) is 5.97 Å². The number of carbonyl (C=O) groups is 1. The zero-order chi connectivity index (χ0) is 9.26. The molecule has 0 bridgehead atoms. The molecule has 13 heavy (non-hydrogen) atoms. The molecule has 66 valence electrons. The van der Waals surface area contributed by atoms with Crippen LogP contribution in [0.5, 0.6) is 0 Å². The van der Waals surface area contributed by atoms with Gasteiger partial charge < -0.3 is 4.74 Å². The van der Waals surface area contributed by atoms with E-state index in [2.05, 4.69) is 0 Å². The van der Waals surface area contributed by atoms with E-state index in [1.54, 1.807) is 0 Å². The molecule has 2 nitrogen and oxygen atoms in total. The third-order valence-electron chi connectivity index (χ3n) is 2.16. The third-order valence-corrected chi connectivity index (χ3v) is 2.16. The van der Waals surface area contributed by atoms with Crippen molar-refractivity contribution in [2.24, 2.45) is 0 Å². The summed E-state index contributed by atoms with van der Waals surface area (Å²) >= 11 is 0. The summed E-state index contributed by atoms with van der Waals surface area (Å²) in [7, 11) is 0. The number of allylic oxidation sites excluding steroid dienone is 1. The monoisotopic (exact) mass is 174 g/mol. The highest BCUT2D eigenvalue weighted by molar-refractivity contribution is 5.95. The van der Waals surface area contributed by atoms with E-state index in [1.165, 1.54) is 0 Å². The SMILES string of the molecule is CC=C1C(=O)OC1c1ccccc1. The van der Waals surface area contributed by atoms with Gasteiger partial charge in [0.05, 0.1) is 5.57 Å². The second-order valence-corrected chi connectivity index (χ2v) is 2.94. The van der Waals surface area contributed by atoms with Crippen LogP contribution in [0, 0.1) is 0 Å². The average molecular weight is 174 g/mol. The first-order valence-corrected chi connectivity index (χ1v) is 4.25. The highest BCUT2D eigenvalue weighted by Gasteiger charge is 2.35. The van der Waals surface area contributed by atoms with Crippen LogP contribution >= 0.6 is 0 Å². The van der Waals surface area contributed by atoms with E-state index >= 15 is 0 Å². The Morgan fingerprint density at radius 3 is 2.54 bits per heavy atom. The van der Waals surface area contributed by atoms with E-state index in [1.807, 2.05) is 43.3 Å². The number of carbonyl (C=O) groups excluding carboxylic acids is 1. The highest BCUT2D eigenvalue weighted by Crippen LogP contribution is 2.35. The number of rotatable bonds is 1. The van der Waals surface area contributed by atoms with Gasteiger partial charge >= 0.3 is 5.97 Å². The van der Waals surface area contributed by atoms with Crippen LogP contribution in [0.4, 0.5) is 0 Å². The molecule has 0 saturated carbocycles. The molecule has 0 radical (unpaired) electrons.